The lowest BCUT2D eigenvalue weighted by atomic mass is 9.93. The van der Waals surface area contributed by atoms with E-state index in [1.807, 2.05) is 15.7 Å². The molecule has 28 heavy (non-hydrogen) atoms. The minimum atomic E-state index is -0.736. The van der Waals surface area contributed by atoms with Gasteiger partial charge in [0.2, 0.25) is 11.8 Å². The summed E-state index contributed by atoms with van der Waals surface area (Å²) in [7, 11) is 0. The number of aliphatic hydroxyl groups is 1. The van der Waals surface area contributed by atoms with Crippen LogP contribution in [0.25, 0.3) is 0 Å². The van der Waals surface area contributed by atoms with Gasteiger partial charge in [0.15, 0.2) is 0 Å². The maximum absolute atomic E-state index is 12.5. The summed E-state index contributed by atoms with van der Waals surface area (Å²) in [5.41, 5.74) is -0.736. The molecule has 156 valence electrons. The Kier molecular flexibility index (Phi) is 7.07. The minimum Gasteiger partial charge on any atom is -0.388 e. The lowest BCUT2D eigenvalue weighted by Crippen LogP contribution is -2.50. The minimum absolute atomic E-state index is 0.0265. The van der Waals surface area contributed by atoms with Gasteiger partial charge in [-0.25, -0.2) is 4.98 Å². The molecule has 0 spiro atoms. The number of likely N-dealkylation sites (tertiary alicyclic amines) is 2. The number of piperidine rings is 1. The van der Waals surface area contributed by atoms with Gasteiger partial charge in [-0.15, -0.1) is 0 Å². The van der Waals surface area contributed by atoms with Gasteiger partial charge >= 0.3 is 0 Å². The van der Waals surface area contributed by atoms with E-state index in [0.717, 1.165) is 45.3 Å². The van der Waals surface area contributed by atoms with Gasteiger partial charge in [0.25, 0.3) is 0 Å². The third-order valence-corrected chi connectivity index (χ3v) is 5.93. The molecular formula is C20H33N5O3. The van der Waals surface area contributed by atoms with E-state index in [1.165, 1.54) is 0 Å². The van der Waals surface area contributed by atoms with Gasteiger partial charge < -0.3 is 24.8 Å². The average molecular weight is 392 g/mol. The van der Waals surface area contributed by atoms with Crippen LogP contribution in [-0.2, 0) is 16.1 Å². The molecule has 2 saturated heterocycles. The van der Waals surface area contributed by atoms with Crippen molar-refractivity contribution in [2.24, 2.45) is 0 Å². The molecular weight excluding hydrogens is 358 g/mol. The molecule has 0 radical (unpaired) electrons. The van der Waals surface area contributed by atoms with E-state index in [1.54, 1.807) is 19.4 Å². The van der Waals surface area contributed by atoms with E-state index in [9.17, 15) is 14.7 Å². The first-order valence-electron chi connectivity index (χ1n) is 10.4. The third kappa shape index (κ3) is 6.04. The zero-order valence-corrected chi connectivity index (χ0v) is 16.8. The van der Waals surface area contributed by atoms with Crippen LogP contribution in [0.15, 0.2) is 18.7 Å². The molecule has 1 unspecified atom stereocenters. The molecule has 2 N–H and O–H groups in total. The number of amides is 2. The van der Waals surface area contributed by atoms with Crippen molar-refractivity contribution in [3.8, 4) is 0 Å². The molecule has 0 bridgehead atoms. The molecule has 1 aromatic rings. The second kappa shape index (κ2) is 9.52. The first-order valence-corrected chi connectivity index (χ1v) is 10.4. The maximum Gasteiger partial charge on any atom is 0.224 e. The smallest absolute Gasteiger partial charge is 0.224 e. The van der Waals surface area contributed by atoms with E-state index in [2.05, 4.69) is 15.2 Å². The zero-order chi connectivity index (χ0) is 20.0. The predicted molar refractivity (Wildman–Crippen MR) is 106 cm³/mol. The number of nitrogens with one attached hydrogen (secondary N) is 1. The van der Waals surface area contributed by atoms with Gasteiger partial charge in [-0.1, -0.05) is 0 Å². The van der Waals surface area contributed by atoms with Crippen molar-refractivity contribution < 1.29 is 14.7 Å². The predicted octanol–water partition coefficient (Wildman–Crippen LogP) is 0.617. The summed E-state index contributed by atoms with van der Waals surface area (Å²) in [5, 5.41) is 14.1. The fourth-order valence-electron chi connectivity index (χ4n) is 4.33. The molecule has 2 fully saturated rings. The van der Waals surface area contributed by atoms with Crippen LogP contribution in [0.4, 0.5) is 0 Å². The lowest BCUT2D eigenvalue weighted by Gasteiger charge is -2.38. The quantitative estimate of drug-likeness (QED) is 0.742. The molecule has 0 aromatic carbocycles. The highest BCUT2D eigenvalue weighted by molar-refractivity contribution is 5.76. The summed E-state index contributed by atoms with van der Waals surface area (Å²) >= 11 is 0. The Morgan fingerprint density at radius 1 is 1.21 bits per heavy atom. The van der Waals surface area contributed by atoms with E-state index < -0.39 is 5.60 Å². The van der Waals surface area contributed by atoms with Crippen LogP contribution in [0.2, 0.25) is 0 Å². The normalized spacial score (nSPS) is 24.7. The molecule has 1 atom stereocenters. The summed E-state index contributed by atoms with van der Waals surface area (Å²) in [6.07, 6.45) is 9.80. The molecule has 2 aliphatic heterocycles. The maximum atomic E-state index is 12.5. The monoisotopic (exact) mass is 391 g/mol. The number of nitrogens with zero attached hydrogens (tertiary/aromatic N) is 4. The summed E-state index contributed by atoms with van der Waals surface area (Å²) in [4.78, 5) is 31.9. The Hall–Kier alpha value is -1.93. The first-order chi connectivity index (χ1) is 13.4. The number of aromatic nitrogens is 2. The molecule has 0 saturated carbocycles. The summed E-state index contributed by atoms with van der Waals surface area (Å²) in [5.74, 6) is 0.174. The van der Waals surface area contributed by atoms with E-state index >= 15 is 0 Å². The molecule has 3 heterocycles. The number of hydrogen-bond donors (Lipinski definition) is 2. The van der Waals surface area contributed by atoms with Gasteiger partial charge in [-0.2, -0.15) is 0 Å². The second-order valence-electron chi connectivity index (χ2n) is 8.26. The molecule has 2 aliphatic rings. The van der Waals surface area contributed by atoms with Gasteiger partial charge in [0.1, 0.15) is 0 Å². The Bertz CT molecular complexity index is 642. The molecule has 0 aliphatic carbocycles. The van der Waals surface area contributed by atoms with Crippen molar-refractivity contribution in [2.45, 2.75) is 63.6 Å². The molecule has 2 amide bonds. The fraction of sp³-hybridized carbons (Fsp3) is 0.750. The van der Waals surface area contributed by atoms with Gasteiger partial charge in [-0.3, -0.25) is 9.59 Å². The Morgan fingerprint density at radius 2 is 2.00 bits per heavy atom. The fourth-order valence-corrected chi connectivity index (χ4v) is 4.33. The van der Waals surface area contributed by atoms with Crippen LogP contribution in [0.1, 0.15) is 45.4 Å². The van der Waals surface area contributed by atoms with E-state index in [-0.39, 0.29) is 17.9 Å². The van der Waals surface area contributed by atoms with Crippen LogP contribution < -0.4 is 5.32 Å². The van der Waals surface area contributed by atoms with Crippen LogP contribution >= 0.6 is 0 Å². The number of carbonyl (C=O) groups excluding carboxylic acids is 2. The largest absolute Gasteiger partial charge is 0.388 e. The number of imidazole rings is 1. The van der Waals surface area contributed by atoms with Crippen molar-refractivity contribution in [1.29, 1.82) is 0 Å². The highest BCUT2D eigenvalue weighted by Gasteiger charge is 2.34. The van der Waals surface area contributed by atoms with Gasteiger partial charge in [0, 0.05) is 71.0 Å². The summed E-state index contributed by atoms with van der Waals surface area (Å²) in [6.45, 7) is 5.96. The van der Waals surface area contributed by atoms with Crippen molar-refractivity contribution in [3.63, 3.8) is 0 Å². The number of hydrogen-bond acceptors (Lipinski definition) is 5. The topological polar surface area (TPSA) is 90.7 Å². The van der Waals surface area contributed by atoms with Crippen molar-refractivity contribution >= 4 is 11.8 Å². The molecule has 1 aromatic heterocycles. The Morgan fingerprint density at radius 3 is 2.68 bits per heavy atom. The van der Waals surface area contributed by atoms with E-state index in [0.29, 0.717) is 32.5 Å². The molecule has 8 heteroatoms. The van der Waals surface area contributed by atoms with Crippen molar-refractivity contribution in [2.75, 3.05) is 32.7 Å². The highest BCUT2D eigenvalue weighted by atomic mass is 16.3. The Labute approximate surface area is 166 Å². The van der Waals surface area contributed by atoms with Gasteiger partial charge in [0.05, 0.1) is 11.9 Å². The summed E-state index contributed by atoms with van der Waals surface area (Å²) < 4.78 is 1.91. The third-order valence-electron chi connectivity index (χ3n) is 5.93. The lowest BCUT2D eigenvalue weighted by molar-refractivity contribution is -0.131. The number of carbonyl (C=O) groups is 2. The van der Waals surface area contributed by atoms with Crippen LogP contribution in [0, 0.1) is 0 Å². The van der Waals surface area contributed by atoms with E-state index in [4.69, 9.17) is 0 Å². The average Bonchev–Trinajstić information content (AvgIpc) is 3.10. The number of aryl methyl sites for hydroxylation is 1. The second-order valence-corrected chi connectivity index (χ2v) is 8.26. The molecule has 3 rings (SSSR count). The van der Waals surface area contributed by atoms with Crippen LogP contribution in [0.5, 0.6) is 0 Å². The van der Waals surface area contributed by atoms with Crippen molar-refractivity contribution in [1.82, 2.24) is 24.7 Å². The molecule has 8 nitrogen and oxygen atoms in total. The van der Waals surface area contributed by atoms with Crippen LogP contribution in [0.3, 0.4) is 0 Å². The number of β-amino-alcohol motifs (C(OH)–C–C–N with tert-alkyl or cyclic N) is 1. The Balaban J connectivity index is 1.43. The van der Waals surface area contributed by atoms with Gasteiger partial charge in [-0.05, 0) is 32.1 Å². The summed E-state index contributed by atoms with van der Waals surface area (Å²) in [6, 6.07) is 0.251. The number of rotatable bonds is 6. The zero-order valence-electron chi connectivity index (χ0n) is 16.8. The first kappa shape index (κ1) is 20.8. The van der Waals surface area contributed by atoms with Crippen molar-refractivity contribution in [3.05, 3.63) is 18.7 Å². The standard InChI is InChI=1S/C20H33N5O3/c1-17(26)22-18-3-10-23(11-4-18)15-20(28)6-2-9-25(13-7-20)19(27)5-12-24-14-8-21-16-24/h8,14,16,18,28H,2-7,9-13,15H2,1H3,(H,22,26). The SMILES string of the molecule is CC(=O)NC1CCN(CC2(O)CCCN(C(=O)CCn3ccnc3)CC2)CC1. The highest BCUT2D eigenvalue weighted by Crippen LogP contribution is 2.25. The van der Waals surface area contributed by atoms with Crippen LogP contribution in [-0.4, -0.2) is 80.6 Å².